The van der Waals surface area contributed by atoms with Crippen molar-refractivity contribution in [3.63, 3.8) is 0 Å². The van der Waals surface area contributed by atoms with E-state index in [-0.39, 0.29) is 22.4 Å². The van der Waals surface area contributed by atoms with Gasteiger partial charge in [-0.05, 0) is 46.5 Å². The number of carbonyl (C=O) groups is 3. The highest BCUT2D eigenvalue weighted by Crippen LogP contribution is 2.21. The summed E-state index contributed by atoms with van der Waals surface area (Å²) in [5.74, 6) is -1.80. The van der Waals surface area contributed by atoms with Gasteiger partial charge in [0, 0.05) is 18.6 Å². The molecule has 9 heteroatoms. The van der Waals surface area contributed by atoms with Crippen molar-refractivity contribution >= 4 is 52.3 Å². The van der Waals surface area contributed by atoms with Gasteiger partial charge < -0.3 is 15.0 Å². The summed E-state index contributed by atoms with van der Waals surface area (Å²) in [4.78, 5) is 38.7. The fraction of sp³-hybridized carbons (Fsp3) is 0.350. The maximum absolute atomic E-state index is 12.5. The number of rotatable bonds is 8. The van der Waals surface area contributed by atoms with Crippen LogP contribution >= 0.6 is 34.5 Å². The number of carbonyl (C=O) groups excluding carboxylic acids is 3. The minimum atomic E-state index is -0.927. The van der Waals surface area contributed by atoms with E-state index in [2.05, 4.69) is 5.32 Å². The van der Waals surface area contributed by atoms with Gasteiger partial charge in [-0.15, -0.1) is 0 Å². The van der Waals surface area contributed by atoms with Crippen LogP contribution in [-0.2, 0) is 20.9 Å². The van der Waals surface area contributed by atoms with Crippen molar-refractivity contribution in [3.8, 4) is 0 Å². The maximum atomic E-state index is 12.5. The zero-order valence-electron chi connectivity index (χ0n) is 16.3. The monoisotopic (exact) mass is 456 g/mol. The molecule has 0 unspecified atom stereocenters. The Balaban J connectivity index is 1.94. The average Bonchev–Trinajstić information content (AvgIpc) is 3.16. The number of nitrogens with one attached hydrogen (secondary N) is 1. The van der Waals surface area contributed by atoms with Crippen LogP contribution in [0.4, 0.5) is 0 Å². The Morgan fingerprint density at radius 1 is 1.21 bits per heavy atom. The maximum Gasteiger partial charge on any atom is 0.329 e. The number of ether oxygens (including phenoxy) is 1. The van der Waals surface area contributed by atoms with Crippen molar-refractivity contribution in [1.82, 2.24) is 10.2 Å². The lowest BCUT2D eigenvalue weighted by Crippen LogP contribution is -2.46. The predicted octanol–water partition coefficient (Wildman–Crippen LogP) is 4.01. The summed E-state index contributed by atoms with van der Waals surface area (Å²) in [6, 6.07) is 5.46. The van der Waals surface area contributed by atoms with Crippen LogP contribution in [-0.4, -0.2) is 42.4 Å². The number of thiophene rings is 1. The fourth-order valence-corrected chi connectivity index (χ4v) is 3.62. The Kier molecular flexibility index (Phi) is 8.49. The van der Waals surface area contributed by atoms with Crippen LogP contribution in [0.15, 0.2) is 35.0 Å². The van der Waals surface area contributed by atoms with E-state index >= 15 is 0 Å². The number of halogens is 2. The third-order valence-electron chi connectivity index (χ3n) is 4.15. The molecule has 0 spiro atoms. The standard InChI is InChI=1S/C20H22Cl2N2O4S/c1-12(2)18(23-19(26)15-5-4-14(21)8-16(15)22)20(27)28-10-17(25)24(3)9-13-6-7-29-11-13/h4-8,11-12,18H,9-10H2,1-3H3,(H,23,26)/t18-/m0/s1. The van der Waals surface area contributed by atoms with Gasteiger partial charge in [-0.3, -0.25) is 9.59 Å². The molecule has 2 rings (SSSR count). The molecule has 1 aromatic carbocycles. The zero-order valence-corrected chi connectivity index (χ0v) is 18.6. The molecule has 6 nitrogen and oxygen atoms in total. The second-order valence-electron chi connectivity index (χ2n) is 6.81. The number of hydrogen-bond donors (Lipinski definition) is 1. The van der Waals surface area contributed by atoms with Crippen LogP contribution in [0.2, 0.25) is 10.0 Å². The van der Waals surface area contributed by atoms with Gasteiger partial charge in [-0.2, -0.15) is 11.3 Å². The number of nitrogens with zero attached hydrogens (tertiary/aromatic N) is 1. The van der Waals surface area contributed by atoms with E-state index in [0.717, 1.165) is 5.56 Å². The van der Waals surface area contributed by atoms with Crippen LogP contribution in [0, 0.1) is 5.92 Å². The quantitative estimate of drug-likeness (QED) is 0.608. The normalized spacial score (nSPS) is 11.8. The fourth-order valence-electron chi connectivity index (χ4n) is 2.47. The Hall–Kier alpha value is -2.09. The number of benzene rings is 1. The lowest BCUT2D eigenvalue weighted by atomic mass is 10.0. The number of amides is 2. The number of likely N-dealkylation sites (N-methyl/N-ethyl adjacent to an activating group) is 1. The summed E-state index contributed by atoms with van der Waals surface area (Å²) in [7, 11) is 1.64. The van der Waals surface area contributed by atoms with E-state index in [4.69, 9.17) is 27.9 Å². The summed E-state index contributed by atoms with van der Waals surface area (Å²) in [5, 5.41) is 7.07. The van der Waals surface area contributed by atoms with Crippen LogP contribution in [0.5, 0.6) is 0 Å². The topological polar surface area (TPSA) is 75.7 Å². The molecule has 156 valence electrons. The van der Waals surface area contributed by atoms with Gasteiger partial charge in [0.15, 0.2) is 6.61 Å². The second kappa shape index (κ2) is 10.6. The predicted molar refractivity (Wildman–Crippen MR) is 114 cm³/mol. The van der Waals surface area contributed by atoms with E-state index in [1.807, 2.05) is 16.8 Å². The third-order valence-corrected chi connectivity index (χ3v) is 5.43. The average molecular weight is 457 g/mol. The number of hydrogen-bond acceptors (Lipinski definition) is 5. The molecule has 2 amide bonds. The molecule has 0 fully saturated rings. The minimum absolute atomic E-state index is 0.177. The first kappa shape index (κ1) is 23.2. The summed E-state index contributed by atoms with van der Waals surface area (Å²) in [6.07, 6.45) is 0. The molecule has 0 aliphatic carbocycles. The minimum Gasteiger partial charge on any atom is -0.454 e. The van der Waals surface area contributed by atoms with Gasteiger partial charge in [0.25, 0.3) is 11.8 Å². The molecular formula is C20H22Cl2N2O4S. The molecule has 29 heavy (non-hydrogen) atoms. The van der Waals surface area contributed by atoms with Crippen LogP contribution in [0.3, 0.4) is 0 Å². The molecule has 1 atom stereocenters. The van der Waals surface area contributed by atoms with Crippen molar-refractivity contribution in [1.29, 1.82) is 0 Å². The lowest BCUT2D eigenvalue weighted by Gasteiger charge is -2.22. The largest absolute Gasteiger partial charge is 0.454 e. The molecule has 0 radical (unpaired) electrons. The molecule has 1 heterocycles. The molecule has 2 aromatic rings. The molecule has 0 saturated heterocycles. The van der Waals surface area contributed by atoms with Gasteiger partial charge in [0.05, 0.1) is 10.6 Å². The van der Waals surface area contributed by atoms with Crippen molar-refractivity contribution in [2.24, 2.45) is 5.92 Å². The zero-order chi connectivity index (χ0) is 21.6. The summed E-state index contributed by atoms with van der Waals surface area (Å²) >= 11 is 13.4. The van der Waals surface area contributed by atoms with Gasteiger partial charge in [0.2, 0.25) is 0 Å². The SMILES string of the molecule is CC(C)[C@H](NC(=O)c1ccc(Cl)cc1Cl)C(=O)OCC(=O)N(C)Cc1ccsc1. The van der Waals surface area contributed by atoms with Crippen LogP contribution in [0.1, 0.15) is 29.8 Å². The van der Waals surface area contributed by atoms with Crippen molar-refractivity contribution in [3.05, 3.63) is 56.2 Å². The summed E-state index contributed by atoms with van der Waals surface area (Å²) in [5.41, 5.74) is 1.20. The van der Waals surface area contributed by atoms with E-state index in [0.29, 0.717) is 11.6 Å². The Morgan fingerprint density at radius 3 is 2.52 bits per heavy atom. The van der Waals surface area contributed by atoms with E-state index in [1.165, 1.54) is 23.1 Å². The molecule has 0 bridgehead atoms. The van der Waals surface area contributed by atoms with Crippen molar-refractivity contribution in [2.75, 3.05) is 13.7 Å². The smallest absolute Gasteiger partial charge is 0.329 e. The van der Waals surface area contributed by atoms with Crippen molar-refractivity contribution in [2.45, 2.75) is 26.4 Å². The highest BCUT2D eigenvalue weighted by atomic mass is 35.5. The van der Waals surface area contributed by atoms with Gasteiger partial charge >= 0.3 is 5.97 Å². The highest BCUT2D eigenvalue weighted by molar-refractivity contribution is 7.07. The van der Waals surface area contributed by atoms with Gasteiger partial charge in [-0.25, -0.2) is 4.79 Å². The van der Waals surface area contributed by atoms with E-state index in [9.17, 15) is 14.4 Å². The van der Waals surface area contributed by atoms with E-state index in [1.54, 1.807) is 32.2 Å². The lowest BCUT2D eigenvalue weighted by molar-refractivity contribution is -0.154. The van der Waals surface area contributed by atoms with Crippen LogP contribution < -0.4 is 5.32 Å². The Labute approximate surface area is 183 Å². The highest BCUT2D eigenvalue weighted by Gasteiger charge is 2.27. The van der Waals surface area contributed by atoms with Gasteiger partial charge in [0.1, 0.15) is 6.04 Å². The molecular weight excluding hydrogens is 435 g/mol. The number of esters is 1. The summed E-state index contributed by atoms with van der Waals surface area (Å²) in [6.45, 7) is 3.56. The second-order valence-corrected chi connectivity index (χ2v) is 8.43. The first-order valence-corrected chi connectivity index (χ1v) is 10.6. The third kappa shape index (κ3) is 6.73. The first-order chi connectivity index (χ1) is 13.7. The van der Waals surface area contributed by atoms with Crippen LogP contribution in [0.25, 0.3) is 0 Å². The molecule has 1 aromatic heterocycles. The molecule has 0 aliphatic heterocycles. The molecule has 1 N–H and O–H groups in total. The molecule has 0 saturated carbocycles. The summed E-state index contributed by atoms with van der Waals surface area (Å²) < 4.78 is 5.16. The molecule has 0 aliphatic rings. The Morgan fingerprint density at radius 2 is 1.93 bits per heavy atom. The van der Waals surface area contributed by atoms with Crippen molar-refractivity contribution < 1.29 is 19.1 Å². The first-order valence-electron chi connectivity index (χ1n) is 8.86. The Bertz CT molecular complexity index is 871. The van der Waals surface area contributed by atoms with E-state index < -0.39 is 24.5 Å². The van der Waals surface area contributed by atoms with Gasteiger partial charge in [-0.1, -0.05) is 37.0 Å².